The number of aromatic nitrogens is 2. The summed E-state index contributed by atoms with van der Waals surface area (Å²) in [5, 5.41) is 9.45. The number of hydrogen-bond acceptors (Lipinski definition) is 7. The lowest BCUT2D eigenvalue weighted by Gasteiger charge is -2.14. The second-order valence-electron chi connectivity index (χ2n) is 7.04. The molecule has 0 saturated carbocycles. The lowest BCUT2D eigenvalue weighted by atomic mass is 10.0. The molecule has 0 atom stereocenters. The van der Waals surface area contributed by atoms with Crippen LogP contribution in [-0.2, 0) is 0 Å². The van der Waals surface area contributed by atoms with E-state index in [0.717, 1.165) is 12.1 Å². The van der Waals surface area contributed by atoms with Crippen molar-refractivity contribution in [1.82, 2.24) is 9.97 Å². The number of fused-ring (bicyclic) bond motifs is 1. The zero-order valence-corrected chi connectivity index (χ0v) is 17.9. The predicted octanol–water partition coefficient (Wildman–Crippen LogP) is 3.85. The van der Waals surface area contributed by atoms with Crippen molar-refractivity contribution in [3.63, 3.8) is 0 Å². The van der Waals surface area contributed by atoms with Gasteiger partial charge in [0.15, 0.2) is 28.9 Å². The minimum absolute atomic E-state index is 0.0177. The maximum absolute atomic E-state index is 15.0. The highest BCUT2D eigenvalue weighted by Gasteiger charge is 2.20. The van der Waals surface area contributed by atoms with Gasteiger partial charge in [-0.05, 0) is 36.4 Å². The first-order chi connectivity index (χ1) is 16.4. The van der Waals surface area contributed by atoms with E-state index < -0.39 is 23.3 Å². The van der Waals surface area contributed by atoms with Crippen molar-refractivity contribution in [3.8, 4) is 34.3 Å². The molecule has 0 aliphatic carbocycles. The molecule has 34 heavy (non-hydrogen) atoms. The van der Waals surface area contributed by atoms with Crippen molar-refractivity contribution in [3.05, 3.63) is 72.1 Å². The van der Waals surface area contributed by atoms with Gasteiger partial charge in [-0.25, -0.2) is 8.78 Å². The third-order valence-electron chi connectivity index (χ3n) is 4.89. The number of rotatable bonds is 8. The number of methoxy groups -OCH3 is 1. The van der Waals surface area contributed by atoms with Crippen LogP contribution in [0.5, 0.6) is 23.0 Å². The monoisotopic (exact) mass is 467 g/mol. The van der Waals surface area contributed by atoms with E-state index in [2.05, 4.69) is 9.97 Å². The number of carbonyl (C=O) groups excluding carboxylic acids is 1. The van der Waals surface area contributed by atoms with Crippen LogP contribution in [0.3, 0.4) is 0 Å². The Morgan fingerprint density at radius 3 is 2.47 bits per heavy atom. The molecule has 8 nitrogen and oxygen atoms in total. The minimum atomic E-state index is -1.01. The van der Waals surface area contributed by atoms with Crippen LogP contribution < -0.4 is 19.9 Å². The van der Waals surface area contributed by atoms with Crippen molar-refractivity contribution in [2.75, 3.05) is 20.3 Å². The second-order valence-corrected chi connectivity index (χ2v) is 7.04. The first kappa shape index (κ1) is 22.9. The molecule has 2 heterocycles. The molecule has 0 aliphatic rings. The van der Waals surface area contributed by atoms with Crippen molar-refractivity contribution in [2.45, 2.75) is 0 Å². The summed E-state index contributed by atoms with van der Waals surface area (Å²) in [5.41, 5.74) is 5.88. The van der Waals surface area contributed by atoms with E-state index in [-0.39, 0.29) is 35.8 Å². The topological polar surface area (TPSA) is 117 Å². The molecule has 0 aliphatic heterocycles. The molecule has 4 aromatic rings. The third kappa shape index (κ3) is 4.44. The average Bonchev–Trinajstić information content (AvgIpc) is 2.84. The number of primary amides is 1. The summed E-state index contributed by atoms with van der Waals surface area (Å²) in [6.07, 6.45) is 2.80. The Morgan fingerprint density at radius 2 is 1.79 bits per heavy atom. The molecule has 0 bridgehead atoms. The van der Waals surface area contributed by atoms with Crippen LogP contribution >= 0.6 is 0 Å². The standard InChI is InChI=1S/C24H19F2N3O5/c1-32-20-12-18-15(11-21(20)33-8-7-30)19(4-6-28-18)34-23-16(25)9-13(10-17(23)26)22-14(24(27)31)3-2-5-29-22/h2-6,9-12,30H,7-8H2,1H3,(H2,27,31). The number of aliphatic hydroxyl groups is 1. The number of pyridine rings is 2. The van der Waals surface area contributed by atoms with E-state index in [1.54, 1.807) is 12.1 Å². The number of amides is 1. The molecule has 0 unspecified atom stereocenters. The fourth-order valence-corrected chi connectivity index (χ4v) is 3.38. The van der Waals surface area contributed by atoms with Gasteiger partial charge in [-0.3, -0.25) is 14.8 Å². The SMILES string of the molecule is COc1cc2nccc(Oc3c(F)cc(-c4ncccc4C(N)=O)cc3F)c2cc1OCCO. The molecule has 10 heteroatoms. The Labute approximate surface area is 192 Å². The van der Waals surface area contributed by atoms with E-state index in [9.17, 15) is 13.6 Å². The summed E-state index contributed by atoms with van der Waals surface area (Å²) < 4.78 is 46.3. The van der Waals surface area contributed by atoms with Gasteiger partial charge < -0.3 is 25.1 Å². The fraction of sp³-hybridized carbons (Fsp3) is 0.125. The van der Waals surface area contributed by atoms with Gasteiger partial charge in [0.2, 0.25) is 0 Å². The molecule has 0 spiro atoms. The lowest BCUT2D eigenvalue weighted by Crippen LogP contribution is -2.13. The maximum Gasteiger partial charge on any atom is 0.250 e. The highest BCUT2D eigenvalue weighted by Crippen LogP contribution is 2.39. The van der Waals surface area contributed by atoms with Crippen molar-refractivity contribution >= 4 is 16.8 Å². The molecule has 3 N–H and O–H groups in total. The van der Waals surface area contributed by atoms with Gasteiger partial charge in [-0.15, -0.1) is 0 Å². The van der Waals surface area contributed by atoms with E-state index in [4.69, 9.17) is 25.1 Å². The summed E-state index contributed by atoms with van der Waals surface area (Å²) in [4.78, 5) is 19.9. The zero-order valence-electron chi connectivity index (χ0n) is 17.9. The average molecular weight is 467 g/mol. The smallest absolute Gasteiger partial charge is 0.250 e. The molecule has 174 valence electrons. The molecule has 1 amide bonds. The molecular weight excluding hydrogens is 448 g/mol. The quantitative estimate of drug-likeness (QED) is 0.404. The van der Waals surface area contributed by atoms with Crippen LogP contribution in [0.1, 0.15) is 10.4 Å². The van der Waals surface area contributed by atoms with Gasteiger partial charge in [0.25, 0.3) is 5.91 Å². The predicted molar refractivity (Wildman–Crippen MR) is 119 cm³/mol. The van der Waals surface area contributed by atoms with Crippen LogP contribution in [0, 0.1) is 11.6 Å². The third-order valence-corrected chi connectivity index (χ3v) is 4.89. The highest BCUT2D eigenvalue weighted by molar-refractivity contribution is 5.98. The van der Waals surface area contributed by atoms with Crippen molar-refractivity contribution in [2.24, 2.45) is 5.73 Å². The van der Waals surface area contributed by atoms with E-state index in [1.807, 2.05) is 0 Å². The number of benzene rings is 2. The number of nitrogens with zero attached hydrogens (tertiary/aromatic N) is 2. The highest BCUT2D eigenvalue weighted by atomic mass is 19.1. The minimum Gasteiger partial charge on any atom is -0.493 e. The molecular formula is C24H19F2N3O5. The van der Waals surface area contributed by atoms with Gasteiger partial charge in [-0.1, -0.05) is 0 Å². The van der Waals surface area contributed by atoms with Gasteiger partial charge in [0, 0.05) is 29.4 Å². The Kier molecular flexibility index (Phi) is 6.51. The fourth-order valence-electron chi connectivity index (χ4n) is 3.38. The number of hydrogen-bond donors (Lipinski definition) is 2. The van der Waals surface area contributed by atoms with Crippen LogP contribution in [-0.4, -0.2) is 41.3 Å². The van der Waals surface area contributed by atoms with Crippen LogP contribution in [0.15, 0.2) is 54.9 Å². The summed E-state index contributed by atoms with van der Waals surface area (Å²) in [5.74, 6) is -2.66. The van der Waals surface area contributed by atoms with Gasteiger partial charge >= 0.3 is 0 Å². The molecule has 2 aromatic heterocycles. The van der Waals surface area contributed by atoms with Crippen LogP contribution in [0.2, 0.25) is 0 Å². The van der Waals surface area contributed by atoms with Gasteiger partial charge in [0.05, 0.1) is 30.5 Å². The maximum atomic E-state index is 15.0. The van der Waals surface area contributed by atoms with Gasteiger partial charge in [-0.2, -0.15) is 0 Å². The molecule has 4 rings (SSSR count). The Hall–Kier alpha value is -4.31. The Bertz CT molecular complexity index is 1360. The normalized spacial score (nSPS) is 10.8. The summed E-state index contributed by atoms with van der Waals surface area (Å²) in [6, 6.07) is 9.50. The lowest BCUT2D eigenvalue weighted by molar-refractivity contribution is 0.100. The summed E-state index contributed by atoms with van der Waals surface area (Å²) in [7, 11) is 1.45. The van der Waals surface area contributed by atoms with Gasteiger partial charge in [0.1, 0.15) is 12.4 Å². The Morgan fingerprint density at radius 1 is 1.03 bits per heavy atom. The molecule has 2 aromatic carbocycles. The molecule has 0 saturated heterocycles. The number of aliphatic hydroxyl groups excluding tert-OH is 1. The summed E-state index contributed by atoms with van der Waals surface area (Å²) in [6.45, 7) is -0.196. The van der Waals surface area contributed by atoms with Crippen LogP contribution in [0.4, 0.5) is 8.78 Å². The van der Waals surface area contributed by atoms with E-state index in [0.29, 0.717) is 22.4 Å². The van der Waals surface area contributed by atoms with Crippen molar-refractivity contribution < 1.29 is 32.9 Å². The molecule has 0 radical (unpaired) electrons. The number of carbonyl (C=O) groups is 1. The van der Waals surface area contributed by atoms with E-state index >= 15 is 0 Å². The number of nitrogens with two attached hydrogens (primary N) is 1. The summed E-state index contributed by atoms with van der Waals surface area (Å²) >= 11 is 0. The first-order valence-electron chi connectivity index (χ1n) is 10.1. The largest absolute Gasteiger partial charge is 0.493 e. The van der Waals surface area contributed by atoms with Crippen molar-refractivity contribution in [1.29, 1.82) is 0 Å². The van der Waals surface area contributed by atoms with Crippen LogP contribution in [0.25, 0.3) is 22.2 Å². The number of halogens is 2. The van der Waals surface area contributed by atoms with E-state index in [1.165, 1.54) is 37.7 Å². The molecule has 0 fully saturated rings. The Balaban J connectivity index is 1.76. The number of ether oxygens (including phenoxy) is 3. The second kappa shape index (κ2) is 9.67. The first-order valence-corrected chi connectivity index (χ1v) is 10.1. The zero-order chi connectivity index (χ0) is 24.2.